The maximum Gasteiger partial charge on any atom is 0.311 e. The molecule has 0 amide bonds. The fourth-order valence-electron chi connectivity index (χ4n) is 3.64. The molecule has 1 aliphatic rings. The number of nitro groups is 1. The minimum atomic E-state index is -3.75. The fourth-order valence-corrected chi connectivity index (χ4v) is 4.50. The Morgan fingerprint density at radius 2 is 2.04 bits per heavy atom. The minimum absolute atomic E-state index is 0.249. The lowest BCUT2D eigenvalue weighted by atomic mass is 10.0. The molecule has 3 aromatic rings. The zero-order valence-electron chi connectivity index (χ0n) is 14.4. The van der Waals surface area contributed by atoms with Crippen LogP contribution in [0.3, 0.4) is 0 Å². The molecule has 0 saturated heterocycles. The van der Waals surface area contributed by atoms with Crippen LogP contribution in [0.5, 0.6) is 0 Å². The van der Waals surface area contributed by atoms with Crippen molar-refractivity contribution in [1.82, 2.24) is 4.98 Å². The summed E-state index contributed by atoms with van der Waals surface area (Å²) in [5.74, 6) is -0.355. The molecule has 0 unspecified atom stereocenters. The standard InChI is InChI=1S/C18H16FN3O4S/c1-27(25,26)17-4-2-3-16(18(17)22(23)24)21-8-7-15-13(10-21)12-9-11(19)5-6-14(12)20-15/h2-6,9,20H,7-8,10H2,1H3. The molecule has 1 aliphatic heterocycles. The number of halogens is 1. The number of nitrogens with zero attached hydrogens (tertiary/aromatic N) is 2. The molecule has 0 radical (unpaired) electrons. The van der Waals surface area contributed by atoms with E-state index in [2.05, 4.69) is 4.98 Å². The summed E-state index contributed by atoms with van der Waals surface area (Å²) in [7, 11) is -3.75. The molecule has 0 spiro atoms. The van der Waals surface area contributed by atoms with E-state index in [1.54, 1.807) is 17.0 Å². The number of nitro benzene ring substituents is 1. The fraction of sp³-hybridized carbons (Fsp3) is 0.222. The van der Waals surface area contributed by atoms with Crippen LogP contribution in [-0.4, -0.2) is 31.1 Å². The van der Waals surface area contributed by atoms with Gasteiger partial charge in [0.1, 0.15) is 16.4 Å². The summed E-state index contributed by atoms with van der Waals surface area (Å²) in [4.78, 5) is 15.7. The van der Waals surface area contributed by atoms with Crippen LogP contribution >= 0.6 is 0 Å². The Kier molecular flexibility index (Phi) is 3.92. The minimum Gasteiger partial charge on any atom is -0.361 e. The summed E-state index contributed by atoms with van der Waals surface area (Å²) >= 11 is 0. The van der Waals surface area contributed by atoms with Crippen LogP contribution in [0.25, 0.3) is 10.9 Å². The van der Waals surface area contributed by atoms with Crippen molar-refractivity contribution < 1.29 is 17.7 Å². The Labute approximate surface area is 154 Å². The van der Waals surface area contributed by atoms with E-state index in [-0.39, 0.29) is 16.4 Å². The molecule has 27 heavy (non-hydrogen) atoms. The quantitative estimate of drug-likeness (QED) is 0.548. The first-order chi connectivity index (χ1) is 12.8. The molecule has 2 heterocycles. The Bertz CT molecular complexity index is 1190. The van der Waals surface area contributed by atoms with Crippen molar-refractivity contribution in [3.63, 3.8) is 0 Å². The van der Waals surface area contributed by atoms with Crippen molar-refractivity contribution in [3.05, 3.63) is 63.6 Å². The normalized spacial score (nSPS) is 14.4. The van der Waals surface area contributed by atoms with E-state index >= 15 is 0 Å². The van der Waals surface area contributed by atoms with Gasteiger partial charge in [0.2, 0.25) is 0 Å². The van der Waals surface area contributed by atoms with Crippen LogP contribution in [0.4, 0.5) is 15.8 Å². The highest BCUT2D eigenvalue weighted by atomic mass is 32.2. The van der Waals surface area contributed by atoms with Crippen molar-refractivity contribution in [2.75, 3.05) is 17.7 Å². The molecule has 9 heteroatoms. The van der Waals surface area contributed by atoms with Gasteiger partial charge in [-0.05, 0) is 30.3 Å². The molecular weight excluding hydrogens is 373 g/mol. The third-order valence-electron chi connectivity index (χ3n) is 4.84. The van der Waals surface area contributed by atoms with Gasteiger partial charge in [-0.2, -0.15) is 0 Å². The molecule has 0 fully saturated rings. The lowest BCUT2D eigenvalue weighted by Crippen LogP contribution is -2.30. The van der Waals surface area contributed by atoms with Crippen LogP contribution in [0, 0.1) is 15.9 Å². The number of aromatic nitrogens is 1. The Hall–Kier alpha value is -2.94. The second-order valence-corrected chi connectivity index (χ2v) is 8.58. The van der Waals surface area contributed by atoms with Crippen molar-refractivity contribution in [3.8, 4) is 0 Å². The van der Waals surface area contributed by atoms with Gasteiger partial charge in [-0.1, -0.05) is 6.07 Å². The van der Waals surface area contributed by atoms with Gasteiger partial charge in [-0.25, -0.2) is 12.8 Å². The van der Waals surface area contributed by atoms with Gasteiger partial charge in [0.15, 0.2) is 9.84 Å². The lowest BCUT2D eigenvalue weighted by molar-refractivity contribution is -0.387. The molecule has 2 aromatic carbocycles. The molecule has 140 valence electrons. The number of nitrogens with one attached hydrogen (secondary N) is 1. The van der Waals surface area contributed by atoms with Gasteiger partial charge in [-0.15, -0.1) is 0 Å². The Morgan fingerprint density at radius 3 is 2.74 bits per heavy atom. The highest BCUT2D eigenvalue weighted by Gasteiger charge is 2.31. The number of aromatic amines is 1. The van der Waals surface area contributed by atoms with Crippen molar-refractivity contribution >= 4 is 32.1 Å². The number of rotatable bonds is 3. The number of para-hydroxylation sites is 1. The van der Waals surface area contributed by atoms with Crippen LogP contribution in [-0.2, 0) is 22.8 Å². The zero-order chi connectivity index (χ0) is 19.3. The third kappa shape index (κ3) is 2.93. The van der Waals surface area contributed by atoms with E-state index in [1.165, 1.54) is 24.3 Å². The van der Waals surface area contributed by atoms with Crippen LogP contribution in [0.2, 0.25) is 0 Å². The number of hydrogen-bond donors (Lipinski definition) is 1. The zero-order valence-corrected chi connectivity index (χ0v) is 15.2. The molecule has 1 aromatic heterocycles. The summed E-state index contributed by atoms with van der Waals surface area (Å²) in [6.45, 7) is 0.809. The number of anilines is 1. The largest absolute Gasteiger partial charge is 0.361 e. The Morgan fingerprint density at radius 1 is 1.26 bits per heavy atom. The molecule has 0 aliphatic carbocycles. The average molecular weight is 389 g/mol. The van der Waals surface area contributed by atoms with Crippen molar-refractivity contribution in [2.45, 2.75) is 17.9 Å². The van der Waals surface area contributed by atoms with Gasteiger partial charge < -0.3 is 9.88 Å². The first kappa shape index (κ1) is 17.5. The average Bonchev–Trinajstić information content (AvgIpc) is 2.97. The molecule has 1 N–H and O–H groups in total. The number of H-pyrrole nitrogens is 1. The van der Waals surface area contributed by atoms with Gasteiger partial charge in [-0.3, -0.25) is 10.1 Å². The first-order valence-electron chi connectivity index (χ1n) is 8.27. The highest BCUT2D eigenvalue weighted by molar-refractivity contribution is 7.90. The second-order valence-electron chi connectivity index (χ2n) is 6.60. The van der Waals surface area contributed by atoms with E-state index in [0.717, 1.165) is 28.4 Å². The SMILES string of the molecule is CS(=O)(=O)c1cccc(N2CCc3[nH]c4ccc(F)cc4c3C2)c1[N+](=O)[O-]. The molecule has 4 rings (SSSR count). The number of hydrogen-bond acceptors (Lipinski definition) is 5. The smallest absolute Gasteiger partial charge is 0.311 e. The molecule has 7 nitrogen and oxygen atoms in total. The number of fused-ring (bicyclic) bond motifs is 3. The summed E-state index contributed by atoms with van der Waals surface area (Å²) in [5, 5.41) is 12.4. The molecule has 0 saturated carbocycles. The Balaban J connectivity index is 1.84. The van der Waals surface area contributed by atoms with Crippen molar-refractivity contribution in [1.29, 1.82) is 0 Å². The van der Waals surface area contributed by atoms with Gasteiger partial charge in [0.05, 0.1) is 4.92 Å². The monoisotopic (exact) mass is 389 g/mol. The first-order valence-corrected chi connectivity index (χ1v) is 10.2. The van der Waals surface area contributed by atoms with Gasteiger partial charge in [0, 0.05) is 47.9 Å². The predicted octanol–water partition coefficient (Wildman–Crippen LogP) is 3.18. The second kappa shape index (κ2) is 6.05. The van der Waals surface area contributed by atoms with Crippen LogP contribution < -0.4 is 4.90 Å². The van der Waals surface area contributed by atoms with E-state index in [4.69, 9.17) is 0 Å². The van der Waals surface area contributed by atoms with E-state index in [1.807, 2.05) is 0 Å². The molecular formula is C18H16FN3O4S. The maximum absolute atomic E-state index is 13.7. The lowest BCUT2D eigenvalue weighted by Gasteiger charge is -2.29. The summed E-state index contributed by atoms with van der Waals surface area (Å²) < 4.78 is 37.7. The van der Waals surface area contributed by atoms with Crippen LogP contribution in [0.1, 0.15) is 11.3 Å². The van der Waals surface area contributed by atoms with Crippen molar-refractivity contribution in [2.24, 2.45) is 0 Å². The van der Waals surface area contributed by atoms with Crippen LogP contribution in [0.15, 0.2) is 41.3 Å². The van der Waals surface area contributed by atoms with Gasteiger partial charge in [0.25, 0.3) is 0 Å². The highest BCUT2D eigenvalue weighted by Crippen LogP contribution is 2.38. The molecule has 0 bridgehead atoms. The predicted molar refractivity (Wildman–Crippen MR) is 99.2 cm³/mol. The number of benzene rings is 2. The van der Waals surface area contributed by atoms with E-state index in [9.17, 15) is 22.9 Å². The number of sulfone groups is 1. The molecule has 0 atom stereocenters. The summed E-state index contributed by atoms with van der Waals surface area (Å²) in [5.41, 5.74) is 2.47. The summed E-state index contributed by atoms with van der Waals surface area (Å²) in [6.07, 6.45) is 1.54. The van der Waals surface area contributed by atoms with E-state index < -0.39 is 20.4 Å². The van der Waals surface area contributed by atoms with Gasteiger partial charge >= 0.3 is 5.69 Å². The van der Waals surface area contributed by atoms with E-state index in [0.29, 0.717) is 19.5 Å². The summed E-state index contributed by atoms with van der Waals surface area (Å²) in [6, 6.07) is 8.78. The third-order valence-corrected chi connectivity index (χ3v) is 5.97. The topological polar surface area (TPSA) is 96.3 Å². The maximum atomic E-state index is 13.7.